The Bertz CT molecular complexity index is 1470. The van der Waals surface area contributed by atoms with Crippen LogP contribution in [-0.2, 0) is 13.0 Å². The maximum Gasteiger partial charge on any atom is 0.319 e. The summed E-state index contributed by atoms with van der Waals surface area (Å²) in [5.41, 5.74) is 5.52. The fourth-order valence-corrected chi connectivity index (χ4v) is 5.42. The first-order valence-corrected chi connectivity index (χ1v) is 15.0. The van der Waals surface area contributed by atoms with Gasteiger partial charge >= 0.3 is 6.03 Å². The van der Waals surface area contributed by atoms with Crippen LogP contribution in [-0.4, -0.2) is 47.7 Å². The summed E-state index contributed by atoms with van der Waals surface area (Å²) in [6.07, 6.45) is 6.20. The normalized spacial score (nSPS) is 14.0. The van der Waals surface area contributed by atoms with Crippen molar-refractivity contribution >= 4 is 17.4 Å². The number of amides is 2. The second kappa shape index (κ2) is 14.6. The van der Waals surface area contributed by atoms with Crippen molar-refractivity contribution in [2.45, 2.75) is 51.7 Å². The molecule has 8 heteroatoms. The van der Waals surface area contributed by atoms with E-state index in [9.17, 15) is 9.18 Å². The minimum absolute atomic E-state index is 0.257. The zero-order valence-corrected chi connectivity index (χ0v) is 24.9. The van der Waals surface area contributed by atoms with E-state index in [4.69, 9.17) is 4.74 Å². The molecule has 3 N–H and O–H groups in total. The molecule has 7 nitrogen and oxygen atoms in total. The number of hydrogen-bond donors (Lipinski definition) is 3. The summed E-state index contributed by atoms with van der Waals surface area (Å²) >= 11 is 0. The Hall–Kier alpha value is -4.43. The minimum atomic E-state index is -0.294. The Morgan fingerprint density at radius 2 is 1.79 bits per heavy atom. The van der Waals surface area contributed by atoms with Crippen molar-refractivity contribution in [2.75, 3.05) is 30.3 Å². The first-order chi connectivity index (χ1) is 20.9. The monoisotopic (exact) mass is 581 g/mol. The van der Waals surface area contributed by atoms with Gasteiger partial charge in [-0.1, -0.05) is 30.3 Å². The number of halogens is 1. The van der Waals surface area contributed by atoms with Gasteiger partial charge in [0.15, 0.2) is 0 Å². The van der Waals surface area contributed by atoms with Gasteiger partial charge in [0.1, 0.15) is 11.6 Å². The molecule has 3 aromatic carbocycles. The average Bonchev–Trinajstić information content (AvgIpc) is 3.03. The predicted molar refractivity (Wildman–Crippen MR) is 171 cm³/mol. The lowest BCUT2D eigenvalue weighted by molar-refractivity contribution is 0.177. The molecule has 1 aliphatic rings. The molecular formula is C35H40FN5O2. The van der Waals surface area contributed by atoms with Crippen molar-refractivity contribution in [3.05, 3.63) is 108 Å². The number of nitrogens with one attached hydrogen (secondary N) is 3. The number of anilines is 2. The van der Waals surface area contributed by atoms with E-state index in [-0.39, 0.29) is 11.8 Å². The van der Waals surface area contributed by atoms with E-state index in [1.54, 1.807) is 30.6 Å². The minimum Gasteiger partial charge on any atom is -0.493 e. The Balaban J connectivity index is 1.17. The van der Waals surface area contributed by atoms with Crippen LogP contribution < -0.4 is 20.7 Å². The van der Waals surface area contributed by atoms with Crippen LogP contribution in [0.1, 0.15) is 37.8 Å². The zero-order chi connectivity index (χ0) is 30.0. The molecule has 2 amide bonds. The quantitative estimate of drug-likeness (QED) is 0.176. The third-order valence-corrected chi connectivity index (χ3v) is 7.84. The highest BCUT2D eigenvalue weighted by Crippen LogP contribution is 2.33. The molecule has 43 heavy (non-hydrogen) atoms. The number of carbonyl (C=O) groups is 1. The lowest BCUT2D eigenvalue weighted by Crippen LogP contribution is -2.42. The maximum atomic E-state index is 14.5. The Labute approximate surface area is 253 Å². The van der Waals surface area contributed by atoms with Crippen LogP contribution >= 0.6 is 0 Å². The number of para-hydroxylation sites is 1. The van der Waals surface area contributed by atoms with Gasteiger partial charge in [-0.2, -0.15) is 0 Å². The molecule has 1 fully saturated rings. The summed E-state index contributed by atoms with van der Waals surface area (Å²) in [4.78, 5) is 18.8. The second-order valence-corrected chi connectivity index (χ2v) is 11.2. The molecule has 1 saturated heterocycles. The van der Waals surface area contributed by atoms with Crippen molar-refractivity contribution in [3.63, 3.8) is 0 Å². The van der Waals surface area contributed by atoms with Gasteiger partial charge < -0.3 is 25.6 Å². The van der Waals surface area contributed by atoms with E-state index in [0.29, 0.717) is 43.1 Å². The van der Waals surface area contributed by atoms with E-state index >= 15 is 0 Å². The number of aromatic nitrogens is 1. The van der Waals surface area contributed by atoms with Crippen molar-refractivity contribution in [3.8, 4) is 16.9 Å². The number of ether oxygens (including phenoxy) is 1. The molecule has 0 spiro atoms. The van der Waals surface area contributed by atoms with Crippen molar-refractivity contribution in [1.29, 1.82) is 0 Å². The second-order valence-electron chi connectivity index (χ2n) is 11.2. The molecule has 0 radical (unpaired) electrons. The SMILES string of the molecule is CC(C)N1CCC(Nc2ccccc2-c2cc(F)ccc2CCOc2ccc(NC(=O)NCc3cccnc3)cc2)CC1. The first kappa shape index (κ1) is 30.0. The number of hydrogen-bond acceptors (Lipinski definition) is 5. The molecular weight excluding hydrogens is 541 g/mol. The number of likely N-dealkylation sites (tertiary alicyclic amines) is 1. The zero-order valence-electron chi connectivity index (χ0n) is 24.9. The molecule has 1 aliphatic heterocycles. The van der Waals surface area contributed by atoms with Gasteiger partial charge in [0.05, 0.1) is 6.61 Å². The summed E-state index contributed by atoms with van der Waals surface area (Å²) in [5, 5.41) is 9.39. The molecule has 0 saturated carbocycles. The third kappa shape index (κ3) is 8.55. The van der Waals surface area contributed by atoms with Crippen LogP contribution in [0.5, 0.6) is 5.75 Å². The Morgan fingerprint density at radius 1 is 1.00 bits per heavy atom. The molecule has 0 atom stereocenters. The molecule has 0 bridgehead atoms. The highest BCUT2D eigenvalue weighted by Gasteiger charge is 2.22. The predicted octanol–water partition coefficient (Wildman–Crippen LogP) is 7.12. The number of nitrogens with zero attached hydrogens (tertiary/aromatic N) is 2. The molecule has 224 valence electrons. The van der Waals surface area contributed by atoms with Crippen molar-refractivity contribution < 1.29 is 13.9 Å². The van der Waals surface area contributed by atoms with Crippen LogP contribution in [0, 0.1) is 5.82 Å². The maximum absolute atomic E-state index is 14.5. The van der Waals surface area contributed by atoms with Gasteiger partial charge in [-0.3, -0.25) is 4.98 Å². The molecule has 0 unspecified atom stereocenters. The van der Waals surface area contributed by atoms with Crippen LogP contribution in [0.15, 0.2) is 91.3 Å². The number of piperidine rings is 1. The number of benzene rings is 3. The fourth-order valence-electron chi connectivity index (χ4n) is 5.42. The van der Waals surface area contributed by atoms with Gasteiger partial charge in [-0.05, 0) is 91.9 Å². The number of pyridine rings is 1. The third-order valence-electron chi connectivity index (χ3n) is 7.84. The van der Waals surface area contributed by atoms with Crippen molar-refractivity contribution in [2.24, 2.45) is 0 Å². The van der Waals surface area contributed by atoms with Crippen molar-refractivity contribution in [1.82, 2.24) is 15.2 Å². The summed E-state index contributed by atoms with van der Waals surface area (Å²) in [6.45, 7) is 7.48. The van der Waals surface area contributed by atoms with Crippen LogP contribution in [0.25, 0.3) is 11.1 Å². The number of rotatable bonds is 11. The Kier molecular flexibility index (Phi) is 10.2. The van der Waals surface area contributed by atoms with Gasteiger partial charge in [0, 0.05) is 67.5 Å². The lowest BCUT2D eigenvalue weighted by atomic mass is 9.95. The van der Waals surface area contributed by atoms with Crippen LogP contribution in [0.2, 0.25) is 0 Å². The molecule has 0 aliphatic carbocycles. The summed E-state index contributed by atoms with van der Waals surface area (Å²) in [5.74, 6) is 0.437. The molecule has 4 aromatic rings. The number of carbonyl (C=O) groups excluding carboxylic acids is 1. The number of urea groups is 1. The fraction of sp³-hybridized carbons (Fsp3) is 0.314. The standard InChI is InChI=1S/C35H40FN5O2/c1-25(2)41-19-15-30(16-20-41)39-34-8-4-3-7-32(34)33-22-28(36)10-9-27(33)17-21-43-31-13-11-29(12-14-31)40-35(42)38-24-26-6-5-18-37-23-26/h3-14,18,22-23,25,30,39H,15-17,19-21,24H2,1-2H3,(H2,38,40,42). The summed E-state index contributed by atoms with van der Waals surface area (Å²) < 4.78 is 20.5. The molecule has 1 aromatic heterocycles. The highest BCUT2D eigenvalue weighted by molar-refractivity contribution is 5.89. The van der Waals surface area contributed by atoms with Gasteiger partial charge in [0.25, 0.3) is 0 Å². The van der Waals surface area contributed by atoms with E-state index < -0.39 is 0 Å². The summed E-state index contributed by atoms with van der Waals surface area (Å²) in [7, 11) is 0. The molecule has 2 heterocycles. The van der Waals surface area contributed by atoms with E-state index in [1.807, 2.05) is 42.5 Å². The van der Waals surface area contributed by atoms with Crippen LogP contribution in [0.3, 0.4) is 0 Å². The highest BCUT2D eigenvalue weighted by atomic mass is 19.1. The largest absolute Gasteiger partial charge is 0.493 e. The summed E-state index contributed by atoms with van der Waals surface area (Å²) in [6, 6.07) is 24.8. The first-order valence-electron chi connectivity index (χ1n) is 15.0. The van der Waals surface area contributed by atoms with Crippen LogP contribution in [0.4, 0.5) is 20.6 Å². The average molecular weight is 582 g/mol. The Morgan fingerprint density at radius 3 is 2.53 bits per heavy atom. The molecule has 5 rings (SSSR count). The van der Waals surface area contributed by atoms with E-state index in [1.165, 1.54) is 6.07 Å². The van der Waals surface area contributed by atoms with Gasteiger partial charge in [0.2, 0.25) is 0 Å². The smallest absolute Gasteiger partial charge is 0.319 e. The topological polar surface area (TPSA) is 78.5 Å². The van der Waals surface area contributed by atoms with Gasteiger partial charge in [-0.25, -0.2) is 9.18 Å². The van der Waals surface area contributed by atoms with E-state index in [0.717, 1.165) is 53.9 Å². The lowest BCUT2D eigenvalue weighted by Gasteiger charge is -2.35. The van der Waals surface area contributed by atoms with Gasteiger partial charge in [-0.15, -0.1) is 0 Å². The van der Waals surface area contributed by atoms with E-state index in [2.05, 4.69) is 51.8 Å².